The Bertz CT molecular complexity index is 538. The Kier molecular flexibility index (Phi) is 3.30. The highest BCUT2D eigenvalue weighted by Crippen LogP contribution is 2.26. The lowest BCUT2D eigenvalue weighted by molar-refractivity contribution is 0.0697. The summed E-state index contributed by atoms with van der Waals surface area (Å²) in [5.74, 6) is 0.124. The standard InChI is InChI=1S/C13H9ClO3/c14-12-8-10(6-7-11(12)13(15)16)17-9-4-2-1-3-5-9/h1-8H,(H,15,16). The van der Waals surface area contributed by atoms with E-state index in [1.54, 1.807) is 18.2 Å². The van der Waals surface area contributed by atoms with Gasteiger partial charge in [0.1, 0.15) is 11.5 Å². The van der Waals surface area contributed by atoms with Crippen LogP contribution in [-0.2, 0) is 0 Å². The summed E-state index contributed by atoms with van der Waals surface area (Å²) in [5, 5.41) is 8.98. The van der Waals surface area contributed by atoms with Crippen molar-refractivity contribution in [2.45, 2.75) is 0 Å². The molecule has 0 fully saturated rings. The van der Waals surface area contributed by atoms with Crippen molar-refractivity contribution in [3.8, 4) is 11.5 Å². The van der Waals surface area contributed by atoms with Crippen molar-refractivity contribution < 1.29 is 14.6 Å². The summed E-state index contributed by atoms with van der Waals surface area (Å²) < 4.78 is 5.52. The summed E-state index contributed by atoms with van der Waals surface area (Å²) in [5.41, 5.74) is 0.0621. The zero-order valence-corrected chi connectivity index (χ0v) is 9.52. The predicted molar refractivity (Wildman–Crippen MR) is 64.9 cm³/mol. The average Bonchev–Trinajstić information content (AvgIpc) is 2.30. The van der Waals surface area contributed by atoms with E-state index in [-0.39, 0.29) is 10.6 Å². The Morgan fingerprint density at radius 2 is 1.76 bits per heavy atom. The maximum absolute atomic E-state index is 10.8. The van der Waals surface area contributed by atoms with Crippen LogP contribution in [0, 0.1) is 0 Å². The van der Waals surface area contributed by atoms with Crippen LogP contribution in [0.25, 0.3) is 0 Å². The number of benzene rings is 2. The van der Waals surface area contributed by atoms with Crippen LogP contribution in [0.4, 0.5) is 0 Å². The molecule has 2 rings (SSSR count). The lowest BCUT2D eigenvalue weighted by Gasteiger charge is -2.06. The SMILES string of the molecule is O=C(O)c1ccc(Oc2ccccc2)cc1Cl. The first kappa shape index (κ1) is 11.5. The molecule has 2 aromatic rings. The van der Waals surface area contributed by atoms with Crippen molar-refractivity contribution in [3.05, 3.63) is 59.1 Å². The minimum atomic E-state index is -1.05. The van der Waals surface area contributed by atoms with Gasteiger partial charge in [0.25, 0.3) is 0 Å². The molecule has 1 N–H and O–H groups in total. The molecule has 2 aromatic carbocycles. The molecule has 0 aliphatic heterocycles. The number of hydrogen-bond acceptors (Lipinski definition) is 2. The largest absolute Gasteiger partial charge is 0.478 e. The third-order valence-corrected chi connectivity index (χ3v) is 2.46. The lowest BCUT2D eigenvalue weighted by Crippen LogP contribution is -1.97. The number of carbonyl (C=O) groups is 1. The Balaban J connectivity index is 2.24. The highest BCUT2D eigenvalue weighted by atomic mass is 35.5. The first-order valence-electron chi connectivity index (χ1n) is 4.92. The molecule has 0 unspecified atom stereocenters. The van der Waals surface area contributed by atoms with Gasteiger partial charge in [-0.2, -0.15) is 0 Å². The van der Waals surface area contributed by atoms with Crippen molar-refractivity contribution in [1.29, 1.82) is 0 Å². The summed E-state index contributed by atoms with van der Waals surface area (Å²) in [7, 11) is 0. The second-order valence-corrected chi connectivity index (χ2v) is 3.77. The first-order chi connectivity index (χ1) is 8.16. The van der Waals surface area contributed by atoms with Gasteiger partial charge >= 0.3 is 5.97 Å². The molecule has 0 aromatic heterocycles. The fourth-order valence-corrected chi connectivity index (χ4v) is 1.61. The molecule has 0 aliphatic rings. The summed E-state index contributed by atoms with van der Waals surface area (Å²) in [6, 6.07) is 13.7. The van der Waals surface area contributed by atoms with E-state index >= 15 is 0 Å². The summed E-state index contributed by atoms with van der Waals surface area (Å²) >= 11 is 5.83. The Morgan fingerprint density at radius 3 is 2.35 bits per heavy atom. The van der Waals surface area contributed by atoms with E-state index in [9.17, 15) is 4.79 Å². The molecule has 0 heterocycles. The van der Waals surface area contributed by atoms with Gasteiger partial charge in [0.05, 0.1) is 10.6 Å². The third kappa shape index (κ3) is 2.77. The van der Waals surface area contributed by atoms with Gasteiger partial charge < -0.3 is 9.84 Å². The van der Waals surface area contributed by atoms with Crippen molar-refractivity contribution in [2.75, 3.05) is 0 Å². The average molecular weight is 249 g/mol. The molecule has 17 heavy (non-hydrogen) atoms. The van der Waals surface area contributed by atoms with E-state index in [4.69, 9.17) is 21.4 Å². The zero-order valence-electron chi connectivity index (χ0n) is 8.76. The Hall–Kier alpha value is -2.00. The highest BCUT2D eigenvalue weighted by Gasteiger charge is 2.09. The van der Waals surface area contributed by atoms with Crippen molar-refractivity contribution in [3.63, 3.8) is 0 Å². The fraction of sp³-hybridized carbons (Fsp3) is 0. The van der Waals surface area contributed by atoms with Gasteiger partial charge in [-0.05, 0) is 24.3 Å². The van der Waals surface area contributed by atoms with Gasteiger partial charge in [-0.25, -0.2) is 4.79 Å². The summed E-state index contributed by atoms with van der Waals surface area (Å²) in [6.45, 7) is 0. The number of aromatic carboxylic acids is 1. The van der Waals surface area contributed by atoms with Gasteiger partial charge in [0, 0.05) is 6.07 Å². The molecule has 0 spiro atoms. The Morgan fingerprint density at radius 1 is 1.06 bits per heavy atom. The molecule has 86 valence electrons. The number of ether oxygens (including phenoxy) is 1. The Labute approximate surface area is 103 Å². The van der Waals surface area contributed by atoms with Gasteiger partial charge in [-0.1, -0.05) is 29.8 Å². The van der Waals surface area contributed by atoms with Crippen molar-refractivity contribution in [1.82, 2.24) is 0 Å². The number of carboxylic acid groups (broad SMARTS) is 1. The lowest BCUT2D eigenvalue weighted by atomic mass is 10.2. The smallest absolute Gasteiger partial charge is 0.337 e. The number of halogens is 1. The quantitative estimate of drug-likeness (QED) is 0.898. The van der Waals surface area contributed by atoms with Crippen LogP contribution in [0.1, 0.15) is 10.4 Å². The number of hydrogen-bond donors (Lipinski definition) is 1. The van der Waals surface area contributed by atoms with Crippen LogP contribution in [0.3, 0.4) is 0 Å². The van der Waals surface area contributed by atoms with Crippen LogP contribution >= 0.6 is 11.6 Å². The minimum absolute atomic E-state index is 0.0621. The van der Waals surface area contributed by atoms with Gasteiger partial charge in [-0.15, -0.1) is 0 Å². The predicted octanol–water partition coefficient (Wildman–Crippen LogP) is 3.83. The van der Waals surface area contributed by atoms with Crippen LogP contribution in [0.5, 0.6) is 11.5 Å². The first-order valence-corrected chi connectivity index (χ1v) is 5.30. The maximum Gasteiger partial charge on any atom is 0.337 e. The topological polar surface area (TPSA) is 46.5 Å². The maximum atomic E-state index is 10.8. The molecule has 0 amide bonds. The fourth-order valence-electron chi connectivity index (χ4n) is 1.36. The molecule has 0 saturated heterocycles. The van der Waals surface area contributed by atoms with Gasteiger partial charge in [0.15, 0.2) is 0 Å². The monoisotopic (exact) mass is 248 g/mol. The second-order valence-electron chi connectivity index (χ2n) is 3.36. The van der Waals surface area contributed by atoms with E-state index < -0.39 is 5.97 Å². The van der Waals surface area contributed by atoms with Crippen LogP contribution in [0.2, 0.25) is 5.02 Å². The van der Waals surface area contributed by atoms with E-state index in [0.717, 1.165) is 0 Å². The molecule has 0 bridgehead atoms. The van der Waals surface area contributed by atoms with Crippen LogP contribution in [-0.4, -0.2) is 11.1 Å². The highest BCUT2D eigenvalue weighted by molar-refractivity contribution is 6.33. The molecule has 3 nitrogen and oxygen atoms in total. The van der Waals surface area contributed by atoms with E-state index in [2.05, 4.69) is 0 Å². The zero-order chi connectivity index (χ0) is 12.3. The molecule has 0 radical (unpaired) electrons. The second kappa shape index (κ2) is 4.89. The van der Waals surface area contributed by atoms with Gasteiger partial charge in [0.2, 0.25) is 0 Å². The van der Waals surface area contributed by atoms with E-state index in [1.165, 1.54) is 12.1 Å². The third-order valence-electron chi connectivity index (χ3n) is 2.15. The molecule has 0 saturated carbocycles. The number of rotatable bonds is 3. The van der Waals surface area contributed by atoms with Crippen LogP contribution in [0.15, 0.2) is 48.5 Å². The molecular weight excluding hydrogens is 240 g/mol. The van der Waals surface area contributed by atoms with Gasteiger partial charge in [-0.3, -0.25) is 0 Å². The van der Waals surface area contributed by atoms with Crippen molar-refractivity contribution in [2.24, 2.45) is 0 Å². The summed E-state index contributed by atoms with van der Waals surface area (Å²) in [4.78, 5) is 10.8. The van der Waals surface area contributed by atoms with E-state index in [0.29, 0.717) is 11.5 Å². The molecule has 4 heteroatoms. The number of carboxylic acids is 1. The molecule has 0 atom stereocenters. The molecule has 0 aliphatic carbocycles. The van der Waals surface area contributed by atoms with Crippen molar-refractivity contribution >= 4 is 17.6 Å². The van der Waals surface area contributed by atoms with Crippen LogP contribution < -0.4 is 4.74 Å². The minimum Gasteiger partial charge on any atom is -0.478 e. The van der Waals surface area contributed by atoms with E-state index in [1.807, 2.05) is 18.2 Å². The summed E-state index contributed by atoms with van der Waals surface area (Å²) in [6.07, 6.45) is 0. The molecular formula is C13H9ClO3. The number of para-hydroxylation sites is 1. The normalized spacial score (nSPS) is 9.94.